The van der Waals surface area contributed by atoms with Crippen LogP contribution in [0.2, 0.25) is 0 Å². The number of carbonyl (C=O) groups is 1. The average molecular weight is 339 g/mol. The van der Waals surface area contributed by atoms with E-state index in [1.807, 2.05) is 6.92 Å². The van der Waals surface area contributed by atoms with Gasteiger partial charge in [-0.25, -0.2) is 4.39 Å². The van der Waals surface area contributed by atoms with Gasteiger partial charge in [0.25, 0.3) is 5.91 Å². The predicted octanol–water partition coefficient (Wildman–Crippen LogP) is 3.36. The molecular weight excluding hydrogens is 319 g/mol. The molecule has 3 rings (SSSR count). The van der Waals surface area contributed by atoms with Gasteiger partial charge in [-0.3, -0.25) is 4.79 Å². The Morgan fingerprint density at radius 3 is 2.52 bits per heavy atom. The molecule has 6 heteroatoms. The first-order valence-corrected chi connectivity index (χ1v) is 7.40. The number of nitrogens with two attached hydrogens (primary N) is 1. The lowest BCUT2D eigenvalue weighted by molar-refractivity contribution is 0.0870. The van der Waals surface area contributed by atoms with Crippen LogP contribution in [-0.4, -0.2) is 18.0 Å². The Bertz CT molecular complexity index is 682. The van der Waals surface area contributed by atoms with E-state index in [-0.39, 0.29) is 35.4 Å². The molecule has 1 unspecified atom stereocenters. The Morgan fingerprint density at radius 2 is 1.96 bits per heavy atom. The Kier molecular flexibility index (Phi) is 5.12. The lowest BCUT2D eigenvalue weighted by atomic mass is 9.96. The third-order valence-corrected chi connectivity index (χ3v) is 4.26. The third-order valence-electron chi connectivity index (χ3n) is 4.26. The number of carbonyl (C=O) groups excluding carboxylic acids is 1. The summed E-state index contributed by atoms with van der Waals surface area (Å²) in [5, 5.41) is 2.98. The maximum absolute atomic E-state index is 12.9. The molecule has 1 aliphatic rings. The maximum Gasteiger partial charge on any atom is 0.287 e. The molecule has 1 fully saturated rings. The fourth-order valence-corrected chi connectivity index (χ4v) is 2.59. The Balaban J connectivity index is 0.00000192. The highest BCUT2D eigenvalue weighted by Gasteiger charge is 2.42. The molecule has 1 heterocycles. The van der Waals surface area contributed by atoms with Crippen LogP contribution in [0, 0.1) is 11.7 Å². The van der Waals surface area contributed by atoms with Gasteiger partial charge in [0, 0.05) is 12.1 Å². The van der Waals surface area contributed by atoms with Crippen molar-refractivity contribution in [2.75, 3.05) is 6.54 Å². The number of rotatable bonds is 5. The summed E-state index contributed by atoms with van der Waals surface area (Å²) in [4.78, 5) is 12.3. The van der Waals surface area contributed by atoms with E-state index in [1.54, 1.807) is 24.3 Å². The van der Waals surface area contributed by atoms with Crippen molar-refractivity contribution >= 4 is 18.3 Å². The van der Waals surface area contributed by atoms with Gasteiger partial charge in [-0.2, -0.15) is 0 Å². The molecule has 23 heavy (non-hydrogen) atoms. The van der Waals surface area contributed by atoms with Crippen molar-refractivity contribution in [3.63, 3.8) is 0 Å². The summed E-state index contributed by atoms with van der Waals surface area (Å²) in [5.41, 5.74) is 6.14. The summed E-state index contributed by atoms with van der Waals surface area (Å²) >= 11 is 0. The number of nitrogens with one attached hydrogen (secondary N) is 1. The SMILES string of the molecule is CC(CN)(NC(=O)c1ccc(-c2ccc(F)cc2)o1)C1CC1.Cl. The molecule has 0 radical (unpaired) electrons. The normalized spacial score (nSPS) is 16.3. The van der Waals surface area contributed by atoms with Gasteiger partial charge >= 0.3 is 0 Å². The molecule has 4 nitrogen and oxygen atoms in total. The van der Waals surface area contributed by atoms with Crippen LogP contribution >= 0.6 is 12.4 Å². The minimum Gasteiger partial charge on any atom is -0.451 e. The minimum atomic E-state index is -0.389. The summed E-state index contributed by atoms with van der Waals surface area (Å²) in [7, 11) is 0. The highest BCUT2D eigenvalue weighted by Crippen LogP contribution is 2.39. The number of hydrogen-bond donors (Lipinski definition) is 2. The molecule has 1 aromatic carbocycles. The number of halogens is 2. The van der Waals surface area contributed by atoms with Gasteiger partial charge in [-0.15, -0.1) is 12.4 Å². The monoisotopic (exact) mass is 338 g/mol. The highest BCUT2D eigenvalue weighted by atomic mass is 35.5. The van der Waals surface area contributed by atoms with Crippen LogP contribution in [0.3, 0.4) is 0 Å². The summed E-state index contributed by atoms with van der Waals surface area (Å²) in [6.45, 7) is 2.36. The zero-order chi connectivity index (χ0) is 15.7. The topological polar surface area (TPSA) is 68.3 Å². The summed E-state index contributed by atoms with van der Waals surface area (Å²) in [6.07, 6.45) is 2.18. The summed E-state index contributed by atoms with van der Waals surface area (Å²) < 4.78 is 18.5. The van der Waals surface area contributed by atoms with E-state index in [2.05, 4.69) is 5.32 Å². The van der Waals surface area contributed by atoms with Gasteiger partial charge in [0.05, 0.1) is 5.54 Å². The first-order valence-electron chi connectivity index (χ1n) is 7.40. The number of amides is 1. The smallest absolute Gasteiger partial charge is 0.287 e. The van der Waals surface area contributed by atoms with Gasteiger partial charge < -0.3 is 15.5 Å². The molecule has 1 atom stereocenters. The fraction of sp³-hybridized carbons (Fsp3) is 0.353. The molecule has 0 aliphatic heterocycles. The number of benzene rings is 1. The number of hydrogen-bond acceptors (Lipinski definition) is 3. The van der Waals surface area contributed by atoms with Gasteiger partial charge in [0.2, 0.25) is 0 Å². The van der Waals surface area contributed by atoms with Crippen molar-refractivity contribution < 1.29 is 13.6 Å². The summed E-state index contributed by atoms with van der Waals surface area (Å²) in [5.74, 6) is 0.628. The molecule has 124 valence electrons. The molecule has 1 aromatic heterocycles. The van der Waals surface area contributed by atoms with Crippen LogP contribution in [0.25, 0.3) is 11.3 Å². The van der Waals surface area contributed by atoms with E-state index in [0.29, 0.717) is 18.2 Å². The highest BCUT2D eigenvalue weighted by molar-refractivity contribution is 5.92. The summed E-state index contributed by atoms with van der Waals surface area (Å²) in [6, 6.07) is 9.28. The van der Waals surface area contributed by atoms with E-state index in [4.69, 9.17) is 10.2 Å². The van der Waals surface area contributed by atoms with E-state index in [0.717, 1.165) is 18.4 Å². The molecule has 2 aromatic rings. The molecule has 0 saturated heterocycles. The van der Waals surface area contributed by atoms with Crippen molar-refractivity contribution in [2.45, 2.75) is 25.3 Å². The molecular formula is C17H20ClFN2O2. The Labute approximate surface area is 140 Å². The second-order valence-corrected chi connectivity index (χ2v) is 6.02. The first-order chi connectivity index (χ1) is 10.5. The van der Waals surface area contributed by atoms with Gasteiger partial charge in [-0.05, 0) is 62.1 Å². The van der Waals surface area contributed by atoms with Crippen molar-refractivity contribution in [3.8, 4) is 11.3 Å². The average Bonchev–Trinajstić information content (AvgIpc) is 3.26. The van der Waals surface area contributed by atoms with Crippen LogP contribution in [0.4, 0.5) is 4.39 Å². The molecule has 0 spiro atoms. The molecule has 1 amide bonds. The largest absolute Gasteiger partial charge is 0.451 e. The van der Waals surface area contributed by atoms with Crippen LogP contribution in [-0.2, 0) is 0 Å². The lowest BCUT2D eigenvalue weighted by Gasteiger charge is -2.28. The van der Waals surface area contributed by atoms with Crippen molar-refractivity contribution in [2.24, 2.45) is 11.7 Å². The fourth-order valence-electron chi connectivity index (χ4n) is 2.59. The van der Waals surface area contributed by atoms with Crippen molar-refractivity contribution in [1.29, 1.82) is 0 Å². The molecule has 3 N–H and O–H groups in total. The molecule has 1 aliphatic carbocycles. The third kappa shape index (κ3) is 3.74. The lowest BCUT2D eigenvalue weighted by Crippen LogP contribution is -2.53. The molecule has 0 bridgehead atoms. The minimum absolute atomic E-state index is 0. The zero-order valence-corrected chi connectivity index (χ0v) is 13.7. The van der Waals surface area contributed by atoms with Gasteiger partial charge in [0.1, 0.15) is 11.6 Å². The predicted molar refractivity (Wildman–Crippen MR) is 89.0 cm³/mol. The van der Waals surface area contributed by atoms with Crippen LogP contribution in [0.15, 0.2) is 40.8 Å². The van der Waals surface area contributed by atoms with Gasteiger partial charge in [-0.1, -0.05) is 0 Å². The second kappa shape index (κ2) is 6.72. The second-order valence-electron chi connectivity index (χ2n) is 6.02. The van der Waals surface area contributed by atoms with Crippen LogP contribution in [0.1, 0.15) is 30.3 Å². The first kappa shape index (κ1) is 17.5. The van der Waals surface area contributed by atoms with E-state index >= 15 is 0 Å². The van der Waals surface area contributed by atoms with Crippen LogP contribution in [0.5, 0.6) is 0 Å². The van der Waals surface area contributed by atoms with Crippen molar-refractivity contribution in [3.05, 3.63) is 48.0 Å². The standard InChI is InChI=1S/C17H19FN2O2.ClH/c1-17(10-19,12-4-5-12)20-16(21)15-9-8-14(22-15)11-2-6-13(18)7-3-11;/h2-3,6-9,12H,4-5,10,19H2,1H3,(H,20,21);1H. The number of furan rings is 1. The molecule has 1 saturated carbocycles. The Morgan fingerprint density at radius 1 is 1.30 bits per heavy atom. The van der Waals surface area contributed by atoms with E-state index in [1.165, 1.54) is 12.1 Å². The quantitative estimate of drug-likeness (QED) is 0.878. The Hall–Kier alpha value is -1.85. The maximum atomic E-state index is 12.9. The van der Waals surface area contributed by atoms with Crippen LogP contribution < -0.4 is 11.1 Å². The van der Waals surface area contributed by atoms with Gasteiger partial charge in [0.15, 0.2) is 5.76 Å². The zero-order valence-electron chi connectivity index (χ0n) is 12.8. The van der Waals surface area contributed by atoms with E-state index < -0.39 is 0 Å². The van der Waals surface area contributed by atoms with Crippen molar-refractivity contribution in [1.82, 2.24) is 5.32 Å². The van der Waals surface area contributed by atoms with E-state index in [9.17, 15) is 9.18 Å².